The number of anilines is 1. The van der Waals surface area contributed by atoms with Gasteiger partial charge in [-0.25, -0.2) is 13.6 Å². The lowest BCUT2D eigenvalue weighted by Crippen LogP contribution is -2.38. The Bertz CT molecular complexity index is 686. The summed E-state index contributed by atoms with van der Waals surface area (Å²) in [7, 11) is -3.98. The van der Waals surface area contributed by atoms with Crippen molar-refractivity contribution < 1.29 is 13.2 Å². The van der Waals surface area contributed by atoms with E-state index in [1.54, 1.807) is 18.2 Å². The Morgan fingerprint density at radius 2 is 2.00 bits per heavy atom. The van der Waals surface area contributed by atoms with Crippen molar-refractivity contribution in [1.82, 2.24) is 4.90 Å². The number of ether oxygens (including phenoxy) is 1. The maximum absolute atomic E-state index is 11.2. The van der Waals surface area contributed by atoms with Crippen LogP contribution in [0.1, 0.15) is 5.56 Å². The summed E-state index contributed by atoms with van der Waals surface area (Å²) >= 11 is 0. The SMILES string of the molecule is N#C/C(=C\c1ccc(NCCN2CCOCC2)cc1)S(N)(=O)=O. The summed E-state index contributed by atoms with van der Waals surface area (Å²) in [5, 5.41) is 17.1. The lowest BCUT2D eigenvalue weighted by atomic mass is 10.2. The van der Waals surface area contributed by atoms with Crippen LogP contribution in [0.25, 0.3) is 6.08 Å². The number of rotatable bonds is 6. The highest BCUT2D eigenvalue weighted by atomic mass is 32.2. The Hall–Kier alpha value is -1.92. The summed E-state index contributed by atoms with van der Waals surface area (Å²) in [5.41, 5.74) is 1.54. The molecule has 0 amide bonds. The Morgan fingerprint density at radius 3 is 2.57 bits per heavy atom. The van der Waals surface area contributed by atoms with Crippen molar-refractivity contribution in [2.75, 3.05) is 44.7 Å². The van der Waals surface area contributed by atoms with Gasteiger partial charge in [-0.2, -0.15) is 5.26 Å². The molecule has 7 nitrogen and oxygen atoms in total. The van der Waals surface area contributed by atoms with E-state index in [2.05, 4.69) is 10.2 Å². The van der Waals surface area contributed by atoms with Crippen molar-refractivity contribution in [2.24, 2.45) is 5.14 Å². The largest absolute Gasteiger partial charge is 0.384 e. The van der Waals surface area contributed by atoms with Crippen molar-refractivity contribution in [3.8, 4) is 6.07 Å². The smallest absolute Gasteiger partial charge is 0.248 e. The number of nitrogens with one attached hydrogen (secondary N) is 1. The highest BCUT2D eigenvalue weighted by Gasteiger charge is 2.11. The van der Waals surface area contributed by atoms with E-state index in [0.29, 0.717) is 5.56 Å². The highest BCUT2D eigenvalue weighted by Crippen LogP contribution is 2.14. The fourth-order valence-corrected chi connectivity index (χ4v) is 2.64. The molecule has 1 heterocycles. The van der Waals surface area contributed by atoms with Crippen molar-refractivity contribution in [3.05, 3.63) is 34.7 Å². The number of nitrogens with two attached hydrogens (primary N) is 1. The van der Waals surface area contributed by atoms with Gasteiger partial charge in [0.05, 0.1) is 13.2 Å². The number of hydrogen-bond donors (Lipinski definition) is 2. The maximum Gasteiger partial charge on any atom is 0.248 e. The summed E-state index contributed by atoms with van der Waals surface area (Å²) in [6, 6.07) is 8.74. The standard InChI is InChI=1S/C15H20N4O3S/c16-12-15(23(17,20)21)11-13-1-3-14(4-2-13)18-5-6-19-7-9-22-10-8-19/h1-4,11,18H,5-10H2,(H2,17,20,21)/b15-11+. The van der Waals surface area contributed by atoms with Gasteiger partial charge in [0, 0.05) is 31.9 Å². The van der Waals surface area contributed by atoms with Crippen LogP contribution in [0.2, 0.25) is 0 Å². The fraction of sp³-hybridized carbons (Fsp3) is 0.400. The van der Waals surface area contributed by atoms with Gasteiger partial charge in [0.15, 0.2) is 4.91 Å². The second kappa shape index (κ2) is 8.08. The molecule has 124 valence electrons. The molecular formula is C15H20N4O3S. The average molecular weight is 336 g/mol. The average Bonchev–Trinajstić information content (AvgIpc) is 2.54. The Morgan fingerprint density at radius 1 is 1.35 bits per heavy atom. The summed E-state index contributed by atoms with van der Waals surface area (Å²) in [4.78, 5) is 1.88. The van der Waals surface area contributed by atoms with Crippen LogP contribution in [-0.4, -0.2) is 52.7 Å². The zero-order chi connectivity index (χ0) is 16.7. The number of nitriles is 1. The van der Waals surface area contributed by atoms with Gasteiger partial charge in [0.1, 0.15) is 6.07 Å². The predicted molar refractivity (Wildman–Crippen MR) is 88.9 cm³/mol. The first-order chi connectivity index (χ1) is 11.0. The van der Waals surface area contributed by atoms with Gasteiger partial charge < -0.3 is 10.1 Å². The van der Waals surface area contributed by atoms with Crippen LogP contribution in [0.3, 0.4) is 0 Å². The van der Waals surface area contributed by atoms with E-state index in [9.17, 15) is 8.42 Å². The predicted octanol–water partition coefficient (Wildman–Crippen LogP) is 0.584. The molecule has 0 bridgehead atoms. The number of allylic oxidation sites excluding steroid dienone is 1. The van der Waals surface area contributed by atoms with E-state index in [1.165, 1.54) is 6.08 Å². The van der Waals surface area contributed by atoms with E-state index in [1.807, 2.05) is 12.1 Å². The molecule has 23 heavy (non-hydrogen) atoms. The van der Waals surface area contributed by atoms with Gasteiger partial charge >= 0.3 is 0 Å². The van der Waals surface area contributed by atoms with Gasteiger partial charge in [-0.1, -0.05) is 12.1 Å². The van der Waals surface area contributed by atoms with Gasteiger partial charge in [-0.05, 0) is 23.8 Å². The monoisotopic (exact) mass is 336 g/mol. The normalized spacial score (nSPS) is 16.8. The quantitative estimate of drug-likeness (QED) is 0.736. The van der Waals surface area contributed by atoms with Crippen LogP contribution >= 0.6 is 0 Å². The molecule has 1 saturated heterocycles. The molecule has 1 fully saturated rings. The van der Waals surface area contributed by atoms with Crippen molar-refractivity contribution in [1.29, 1.82) is 5.26 Å². The first kappa shape index (κ1) is 17.4. The van der Waals surface area contributed by atoms with Crippen LogP contribution < -0.4 is 10.5 Å². The van der Waals surface area contributed by atoms with Gasteiger partial charge in [-0.3, -0.25) is 4.90 Å². The molecular weight excluding hydrogens is 316 g/mol. The van der Waals surface area contributed by atoms with E-state index in [0.717, 1.165) is 45.1 Å². The lowest BCUT2D eigenvalue weighted by molar-refractivity contribution is 0.0398. The second-order valence-electron chi connectivity index (χ2n) is 5.17. The van der Waals surface area contributed by atoms with Gasteiger partial charge in [0.2, 0.25) is 10.0 Å². The van der Waals surface area contributed by atoms with E-state index in [4.69, 9.17) is 15.1 Å². The molecule has 1 aliphatic heterocycles. The molecule has 1 aromatic rings. The molecule has 0 saturated carbocycles. The molecule has 0 radical (unpaired) electrons. The third-order valence-electron chi connectivity index (χ3n) is 3.49. The molecule has 8 heteroatoms. The summed E-state index contributed by atoms with van der Waals surface area (Å²) in [5.74, 6) is 0. The number of primary sulfonamides is 1. The van der Waals surface area contributed by atoms with E-state index in [-0.39, 0.29) is 0 Å². The van der Waals surface area contributed by atoms with Gasteiger partial charge in [0.25, 0.3) is 0 Å². The third kappa shape index (κ3) is 5.65. The molecule has 0 spiro atoms. The Balaban J connectivity index is 1.89. The van der Waals surface area contributed by atoms with E-state index < -0.39 is 14.9 Å². The number of morpholine rings is 1. The van der Waals surface area contributed by atoms with Crippen LogP contribution in [-0.2, 0) is 14.8 Å². The van der Waals surface area contributed by atoms with Gasteiger partial charge in [-0.15, -0.1) is 0 Å². The molecule has 0 aromatic heterocycles. The molecule has 0 aliphatic carbocycles. The number of sulfonamides is 1. The minimum atomic E-state index is -3.98. The molecule has 1 aliphatic rings. The second-order valence-corrected chi connectivity index (χ2v) is 6.70. The van der Waals surface area contributed by atoms with Crippen LogP contribution in [0, 0.1) is 11.3 Å². The van der Waals surface area contributed by atoms with Crippen LogP contribution in [0.15, 0.2) is 29.2 Å². The number of nitrogens with zero attached hydrogens (tertiary/aromatic N) is 2. The molecule has 0 unspecified atom stereocenters. The molecule has 1 aromatic carbocycles. The topological polar surface area (TPSA) is 108 Å². The maximum atomic E-state index is 11.2. The van der Waals surface area contributed by atoms with E-state index >= 15 is 0 Å². The van der Waals surface area contributed by atoms with Crippen molar-refractivity contribution in [3.63, 3.8) is 0 Å². The lowest BCUT2D eigenvalue weighted by Gasteiger charge is -2.26. The minimum absolute atomic E-state index is 0.453. The summed E-state index contributed by atoms with van der Waals surface area (Å²) in [6.45, 7) is 5.23. The Labute approximate surface area is 136 Å². The first-order valence-corrected chi connectivity index (χ1v) is 8.82. The zero-order valence-corrected chi connectivity index (χ0v) is 13.6. The van der Waals surface area contributed by atoms with Crippen molar-refractivity contribution >= 4 is 21.8 Å². The van der Waals surface area contributed by atoms with Crippen LogP contribution in [0.5, 0.6) is 0 Å². The zero-order valence-electron chi connectivity index (χ0n) is 12.7. The number of hydrogen-bond acceptors (Lipinski definition) is 6. The molecule has 3 N–H and O–H groups in total. The minimum Gasteiger partial charge on any atom is -0.384 e. The molecule has 0 atom stereocenters. The number of benzene rings is 1. The summed E-state index contributed by atoms with van der Waals surface area (Å²) < 4.78 is 27.7. The Kier molecular flexibility index (Phi) is 6.12. The fourth-order valence-electron chi connectivity index (χ4n) is 2.21. The van der Waals surface area contributed by atoms with Crippen LogP contribution in [0.4, 0.5) is 5.69 Å². The molecule has 2 rings (SSSR count). The highest BCUT2D eigenvalue weighted by molar-refractivity contribution is 7.93. The van der Waals surface area contributed by atoms with Crippen molar-refractivity contribution in [2.45, 2.75) is 0 Å². The summed E-state index contributed by atoms with van der Waals surface area (Å²) in [6.07, 6.45) is 1.26. The first-order valence-electron chi connectivity index (χ1n) is 7.28. The third-order valence-corrected chi connectivity index (χ3v) is 4.31.